The van der Waals surface area contributed by atoms with Gasteiger partial charge in [-0.2, -0.15) is 5.26 Å². The summed E-state index contributed by atoms with van der Waals surface area (Å²) in [6.45, 7) is 2.91. The quantitative estimate of drug-likeness (QED) is 0.694. The molecule has 0 radical (unpaired) electrons. The number of hydrogen-bond donors (Lipinski definition) is 1. The molecule has 1 rings (SSSR count). The monoisotopic (exact) mass is 175 g/mol. The number of anilines is 2. The summed E-state index contributed by atoms with van der Waals surface area (Å²) in [6, 6.07) is 7.51. The minimum atomic E-state index is 0.629. The predicted molar refractivity (Wildman–Crippen MR) is 54.5 cm³/mol. The third-order valence-electron chi connectivity index (χ3n) is 2.03. The summed E-state index contributed by atoms with van der Waals surface area (Å²) >= 11 is 0. The fraction of sp³-hybridized carbons (Fsp3) is 0.300. The lowest BCUT2D eigenvalue weighted by molar-refractivity contribution is 0.966. The van der Waals surface area contributed by atoms with Crippen molar-refractivity contribution in [2.75, 3.05) is 24.2 Å². The van der Waals surface area contributed by atoms with Crippen molar-refractivity contribution in [3.8, 4) is 6.07 Å². The first-order valence-electron chi connectivity index (χ1n) is 4.19. The number of benzene rings is 1. The Morgan fingerprint density at radius 3 is 2.77 bits per heavy atom. The lowest BCUT2D eigenvalue weighted by Gasteiger charge is -2.18. The standard InChI is InChI=1S/C10H13N3/c1-3-13(2)10-5-4-9(12)6-8(10)7-11/h4-6H,3,12H2,1-2H3. The van der Waals surface area contributed by atoms with Gasteiger partial charge in [-0.05, 0) is 25.1 Å². The van der Waals surface area contributed by atoms with Crippen molar-refractivity contribution in [2.45, 2.75) is 6.92 Å². The Morgan fingerprint density at radius 2 is 2.23 bits per heavy atom. The first-order valence-corrected chi connectivity index (χ1v) is 4.19. The maximum atomic E-state index is 8.86. The molecule has 1 aromatic rings. The topological polar surface area (TPSA) is 53.0 Å². The molecule has 0 heterocycles. The van der Waals surface area contributed by atoms with Crippen molar-refractivity contribution >= 4 is 11.4 Å². The highest BCUT2D eigenvalue weighted by atomic mass is 15.1. The van der Waals surface area contributed by atoms with Crippen LogP contribution in [0.1, 0.15) is 12.5 Å². The normalized spacial score (nSPS) is 9.31. The van der Waals surface area contributed by atoms with Crippen LogP contribution in [-0.4, -0.2) is 13.6 Å². The minimum Gasteiger partial charge on any atom is -0.399 e. The second-order valence-electron chi connectivity index (χ2n) is 2.90. The summed E-state index contributed by atoms with van der Waals surface area (Å²) < 4.78 is 0. The van der Waals surface area contributed by atoms with Gasteiger partial charge in [0.1, 0.15) is 6.07 Å². The van der Waals surface area contributed by atoms with Crippen LogP contribution in [0.3, 0.4) is 0 Å². The van der Waals surface area contributed by atoms with E-state index in [1.165, 1.54) is 0 Å². The number of nitrogens with two attached hydrogens (primary N) is 1. The third kappa shape index (κ3) is 1.91. The molecule has 0 aliphatic carbocycles. The molecule has 0 atom stereocenters. The maximum absolute atomic E-state index is 8.86. The molecule has 68 valence electrons. The fourth-order valence-electron chi connectivity index (χ4n) is 1.15. The van der Waals surface area contributed by atoms with E-state index in [0.29, 0.717) is 11.3 Å². The highest BCUT2D eigenvalue weighted by Gasteiger charge is 2.05. The molecule has 0 unspecified atom stereocenters. The molecule has 0 bridgehead atoms. The molecule has 0 aromatic heterocycles. The Hall–Kier alpha value is -1.69. The number of nitrogens with zero attached hydrogens (tertiary/aromatic N) is 2. The van der Waals surface area contributed by atoms with Crippen LogP contribution in [0.5, 0.6) is 0 Å². The van der Waals surface area contributed by atoms with Crippen LogP contribution in [0, 0.1) is 11.3 Å². The van der Waals surface area contributed by atoms with Crippen molar-refractivity contribution in [1.82, 2.24) is 0 Å². The van der Waals surface area contributed by atoms with Gasteiger partial charge in [-0.25, -0.2) is 0 Å². The summed E-state index contributed by atoms with van der Waals surface area (Å²) in [5.74, 6) is 0. The zero-order chi connectivity index (χ0) is 9.84. The van der Waals surface area contributed by atoms with Gasteiger partial charge < -0.3 is 10.6 Å². The molecular weight excluding hydrogens is 162 g/mol. The second kappa shape index (κ2) is 3.81. The fourth-order valence-corrected chi connectivity index (χ4v) is 1.15. The number of nitriles is 1. The molecule has 13 heavy (non-hydrogen) atoms. The highest BCUT2D eigenvalue weighted by Crippen LogP contribution is 2.20. The number of nitrogen functional groups attached to an aromatic ring is 1. The second-order valence-corrected chi connectivity index (χ2v) is 2.90. The van der Waals surface area contributed by atoms with Crippen LogP contribution >= 0.6 is 0 Å². The Labute approximate surface area is 78.4 Å². The van der Waals surface area contributed by atoms with Gasteiger partial charge in [0.15, 0.2) is 0 Å². The predicted octanol–water partition coefficient (Wildman–Crippen LogP) is 1.60. The van der Waals surface area contributed by atoms with Crippen LogP contribution in [0.2, 0.25) is 0 Å². The van der Waals surface area contributed by atoms with Crippen LogP contribution < -0.4 is 10.6 Å². The van der Waals surface area contributed by atoms with Crippen LogP contribution in [0.4, 0.5) is 11.4 Å². The van der Waals surface area contributed by atoms with Gasteiger partial charge >= 0.3 is 0 Å². The van der Waals surface area contributed by atoms with Gasteiger partial charge in [-0.1, -0.05) is 0 Å². The number of hydrogen-bond acceptors (Lipinski definition) is 3. The average Bonchev–Trinajstić information content (AvgIpc) is 2.16. The molecule has 0 saturated heterocycles. The molecule has 3 nitrogen and oxygen atoms in total. The van der Waals surface area contributed by atoms with Crippen molar-refractivity contribution < 1.29 is 0 Å². The summed E-state index contributed by atoms with van der Waals surface area (Å²) in [5.41, 5.74) is 7.76. The molecule has 0 fully saturated rings. The van der Waals surface area contributed by atoms with Gasteiger partial charge in [0, 0.05) is 19.3 Å². The number of rotatable bonds is 2. The van der Waals surface area contributed by atoms with Crippen molar-refractivity contribution in [2.24, 2.45) is 0 Å². The van der Waals surface area contributed by atoms with E-state index in [2.05, 4.69) is 6.07 Å². The Bertz CT molecular complexity index is 339. The first kappa shape index (κ1) is 9.40. The van der Waals surface area contributed by atoms with E-state index in [0.717, 1.165) is 12.2 Å². The molecule has 0 spiro atoms. The zero-order valence-electron chi connectivity index (χ0n) is 7.91. The van der Waals surface area contributed by atoms with E-state index in [1.54, 1.807) is 6.07 Å². The summed E-state index contributed by atoms with van der Waals surface area (Å²) in [4.78, 5) is 2.01. The van der Waals surface area contributed by atoms with E-state index < -0.39 is 0 Å². The van der Waals surface area contributed by atoms with Gasteiger partial charge in [0.25, 0.3) is 0 Å². The van der Waals surface area contributed by atoms with E-state index in [-0.39, 0.29) is 0 Å². The molecule has 1 aromatic carbocycles. The van der Waals surface area contributed by atoms with Crippen molar-refractivity contribution in [1.29, 1.82) is 5.26 Å². The molecule has 0 aliphatic rings. The zero-order valence-corrected chi connectivity index (χ0v) is 7.91. The van der Waals surface area contributed by atoms with E-state index in [4.69, 9.17) is 11.0 Å². The van der Waals surface area contributed by atoms with E-state index >= 15 is 0 Å². The van der Waals surface area contributed by atoms with E-state index in [9.17, 15) is 0 Å². The van der Waals surface area contributed by atoms with Gasteiger partial charge in [0.05, 0.1) is 11.3 Å². The van der Waals surface area contributed by atoms with Gasteiger partial charge in [0.2, 0.25) is 0 Å². The van der Waals surface area contributed by atoms with Crippen LogP contribution in [-0.2, 0) is 0 Å². The Morgan fingerprint density at radius 1 is 1.54 bits per heavy atom. The molecule has 0 saturated carbocycles. The SMILES string of the molecule is CCN(C)c1ccc(N)cc1C#N. The first-order chi connectivity index (χ1) is 6.19. The molecular formula is C10H13N3. The summed E-state index contributed by atoms with van der Waals surface area (Å²) in [7, 11) is 1.95. The van der Waals surface area contributed by atoms with Crippen molar-refractivity contribution in [3.63, 3.8) is 0 Å². The Balaban J connectivity index is 3.15. The largest absolute Gasteiger partial charge is 0.399 e. The van der Waals surface area contributed by atoms with Gasteiger partial charge in [-0.15, -0.1) is 0 Å². The Kier molecular flexibility index (Phi) is 2.76. The van der Waals surface area contributed by atoms with Crippen LogP contribution in [0.25, 0.3) is 0 Å². The lowest BCUT2D eigenvalue weighted by Crippen LogP contribution is -2.17. The minimum absolute atomic E-state index is 0.629. The van der Waals surface area contributed by atoms with Crippen LogP contribution in [0.15, 0.2) is 18.2 Å². The summed E-state index contributed by atoms with van der Waals surface area (Å²) in [6.07, 6.45) is 0. The summed E-state index contributed by atoms with van der Waals surface area (Å²) in [5, 5.41) is 8.86. The third-order valence-corrected chi connectivity index (χ3v) is 2.03. The van der Waals surface area contributed by atoms with Gasteiger partial charge in [-0.3, -0.25) is 0 Å². The molecule has 0 amide bonds. The average molecular weight is 175 g/mol. The molecule has 0 aliphatic heterocycles. The molecule has 3 heteroatoms. The van der Waals surface area contributed by atoms with E-state index in [1.807, 2.05) is 31.0 Å². The highest BCUT2D eigenvalue weighted by molar-refractivity contribution is 5.63. The molecule has 2 N–H and O–H groups in total. The lowest BCUT2D eigenvalue weighted by atomic mass is 10.1. The maximum Gasteiger partial charge on any atom is 0.101 e. The van der Waals surface area contributed by atoms with Crippen molar-refractivity contribution in [3.05, 3.63) is 23.8 Å². The smallest absolute Gasteiger partial charge is 0.101 e.